The number of pyridine rings is 1. The minimum absolute atomic E-state index is 0.0201. The van der Waals surface area contributed by atoms with Crippen LogP contribution in [-0.4, -0.2) is 54.3 Å². The van der Waals surface area contributed by atoms with Crippen LogP contribution in [0.4, 0.5) is 0 Å². The maximum atomic E-state index is 11.9. The Kier molecular flexibility index (Phi) is 6.98. The Morgan fingerprint density at radius 3 is 2.89 bits per heavy atom. The highest BCUT2D eigenvalue weighted by Gasteiger charge is 2.12. The van der Waals surface area contributed by atoms with Gasteiger partial charge in [-0.2, -0.15) is 0 Å². The van der Waals surface area contributed by atoms with Crippen molar-refractivity contribution in [2.24, 2.45) is 0 Å². The average Bonchev–Trinajstić information content (AvgIpc) is 2.42. The topological polar surface area (TPSA) is 62.7 Å². The van der Waals surface area contributed by atoms with Crippen LogP contribution < -0.4 is 0 Å². The lowest BCUT2D eigenvalue weighted by atomic mass is 10.2. The van der Waals surface area contributed by atoms with E-state index >= 15 is 0 Å². The summed E-state index contributed by atoms with van der Waals surface area (Å²) in [5, 5.41) is 8.92. The van der Waals surface area contributed by atoms with Gasteiger partial charge in [0.1, 0.15) is 0 Å². The molecule has 1 heterocycles. The Bertz CT molecular complexity index is 343. The molecule has 0 aliphatic rings. The molecule has 1 amide bonds. The van der Waals surface area contributed by atoms with Crippen LogP contribution in [-0.2, 0) is 16.0 Å². The molecular formula is C13H20N2O3. The number of aryl methyl sites for hydroxylation is 1. The second-order valence-corrected chi connectivity index (χ2v) is 3.92. The van der Waals surface area contributed by atoms with Gasteiger partial charge in [0, 0.05) is 38.5 Å². The van der Waals surface area contributed by atoms with Gasteiger partial charge in [0.2, 0.25) is 5.91 Å². The SMILES string of the molecule is COCCN(CCO)C(=O)CCc1ccccn1. The average molecular weight is 252 g/mol. The highest BCUT2D eigenvalue weighted by atomic mass is 16.5. The lowest BCUT2D eigenvalue weighted by Gasteiger charge is -2.21. The fraction of sp³-hybridized carbons (Fsp3) is 0.538. The number of methoxy groups -OCH3 is 1. The first-order valence-electron chi connectivity index (χ1n) is 6.05. The van der Waals surface area contributed by atoms with Crippen LogP contribution >= 0.6 is 0 Å². The Morgan fingerprint density at radius 2 is 2.28 bits per heavy atom. The van der Waals surface area contributed by atoms with Crippen LogP contribution in [0.15, 0.2) is 24.4 Å². The highest BCUT2D eigenvalue weighted by Crippen LogP contribution is 2.02. The molecule has 1 N–H and O–H groups in total. The zero-order chi connectivity index (χ0) is 13.2. The molecule has 0 fully saturated rings. The molecule has 0 aliphatic heterocycles. The van der Waals surface area contributed by atoms with E-state index in [0.29, 0.717) is 32.5 Å². The summed E-state index contributed by atoms with van der Waals surface area (Å²) in [6.07, 6.45) is 2.74. The lowest BCUT2D eigenvalue weighted by molar-refractivity contribution is -0.132. The Morgan fingerprint density at radius 1 is 1.44 bits per heavy atom. The number of carbonyl (C=O) groups is 1. The number of rotatable bonds is 8. The van der Waals surface area contributed by atoms with E-state index in [-0.39, 0.29) is 12.5 Å². The summed E-state index contributed by atoms with van der Waals surface area (Å²) in [4.78, 5) is 17.7. The quantitative estimate of drug-likeness (QED) is 0.731. The molecule has 0 atom stereocenters. The van der Waals surface area contributed by atoms with E-state index in [1.54, 1.807) is 18.2 Å². The fourth-order valence-electron chi connectivity index (χ4n) is 1.62. The molecule has 1 aromatic rings. The molecule has 18 heavy (non-hydrogen) atoms. The predicted octanol–water partition coefficient (Wildman–Crippen LogP) is 0.481. The number of hydrogen-bond acceptors (Lipinski definition) is 4. The number of hydrogen-bond donors (Lipinski definition) is 1. The summed E-state index contributed by atoms with van der Waals surface area (Å²) in [6.45, 7) is 1.32. The van der Waals surface area contributed by atoms with Crippen molar-refractivity contribution in [2.75, 3.05) is 33.4 Å². The van der Waals surface area contributed by atoms with E-state index in [2.05, 4.69) is 4.98 Å². The van der Waals surface area contributed by atoms with Crippen molar-refractivity contribution in [3.63, 3.8) is 0 Å². The Balaban J connectivity index is 2.40. The van der Waals surface area contributed by atoms with E-state index in [1.165, 1.54) is 0 Å². The summed E-state index contributed by atoms with van der Waals surface area (Å²) < 4.78 is 4.94. The van der Waals surface area contributed by atoms with Crippen LogP contribution in [0, 0.1) is 0 Å². The predicted molar refractivity (Wildman–Crippen MR) is 68.1 cm³/mol. The number of nitrogens with zero attached hydrogens (tertiary/aromatic N) is 2. The zero-order valence-corrected chi connectivity index (χ0v) is 10.7. The third kappa shape index (κ3) is 5.25. The molecule has 5 nitrogen and oxygen atoms in total. The van der Waals surface area contributed by atoms with Gasteiger partial charge < -0.3 is 14.7 Å². The molecule has 100 valence electrons. The smallest absolute Gasteiger partial charge is 0.223 e. The van der Waals surface area contributed by atoms with Gasteiger partial charge in [0.05, 0.1) is 13.2 Å². The van der Waals surface area contributed by atoms with Crippen LogP contribution in [0.5, 0.6) is 0 Å². The number of amides is 1. The van der Waals surface area contributed by atoms with Crippen LogP contribution in [0.2, 0.25) is 0 Å². The lowest BCUT2D eigenvalue weighted by Crippen LogP contribution is -2.36. The van der Waals surface area contributed by atoms with Crippen molar-refractivity contribution < 1.29 is 14.6 Å². The van der Waals surface area contributed by atoms with Crippen LogP contribution in [0.3, 0.4) is 0 Å². The van der Waals surface area contributed by atoms with Crippen LogP contribution in [0.25, 0.3) is 0 Å². The monoisotopic (exact) mass is 252 g/mol. The standard InChI is InChI=1S/C13H20N2O3/c1-18-11-9-15(8-10-16)13(17)6-5-12-4-2-3-7-14-12/h2-4,7,16H,5-6,8-11H2,1H3. The molecule has 0 aliphatic carbocycles. The minimum Gasteiger partial charge on any atom is -0.395 e. The summed E-state index contributed by atoms with van der Waals surface area (Å²) >= 11 is 0. The van der Waals surface area contributed by atoms with Gasteiger partial charge in [0.15, 0.2) is 0 Å². The molecule has 0 saturated heterocycles. The summed E-state index contributed by atoms with van der Waals surface area (Å²) in [6, 6.07) is 5.66. The summed E-state index contributed by atoms with van der Waals surface area (Å²) in [5.74, 6) is 0.0201. The second-order valence-electron chi connectivity index (χ2n) is 3.92. The first kappa shape index (κ1) is 14.6. The third-order valence-corrected chi connectivity index (χ3v) is 2.61. The summed E-state index contributed by atoms with van der Waals surface area (Å²) in [5.41, 5.74) is 0.904. The molecule has 1 aromatic heterocycles. The molecule has 0 spiro atoms. The second kappa shape index (κ2) is 8.60. The van der Waals surface area contributed by atoms with E-state index < -0.39 is 0 Å². The number of carbonyl (C=O) groups excluding carboxylic acids is 1. The van der Waals surface area contributed by atoms with Crippen molar-refractivity contribution in [1.29, 1.82) is 0 Å². The van der Waals surface area contributed by atoms with Crippen molar-refractivity contribution >= 4 is 5.91 Å². The number of aliphatic hydroxyl groups is 1. The van der Waals surface area contributed by atoms with Gasteiger partial charge in [-0.05, 0) is 18.6 Å². The normalized spacial score (nSPS) is 10.3. The molecule has 0 unspecified atom stereocenters. The molecule has 1 rings (SSSR count). The fourth-order valence-corrected chi connectivity index (χ4v) is 1.62. The van der Waals surface area contributed by atoms with Crippen LogP contribution in [0.1, 0.15) is 12.1 Å². The van der Waals surface area contributed by atoms with E-state index in [4.69, 9.17) is 9.84 Å². The van der Waals surface area contributed by atoms with Crippen molar-refractivity contribution in [3.8, 4) is 0 Å². The third-order valence-electron chi connectivity index (χ3n) is 2.61. The van der Waals surface area contributed by atoms with Crippen molar-refractivity contribution in [3.05, 3.63) is 30.1 Å². The first-order valence-corrected chi connectivity index (χ1v) is 6.05. The molecule has 0 bridgehead atoms. The number of aliphatic hydroxyl groups excluding tert-OH is 1. The molecule has 5 heteroatoms. The van der Waals surface area contributed by atoms with Crippen molar-refractivity contribution in [1.82, 2.24) is 9.88 Å². The summed E-state index contributed by atoms with van der Waals surface area (Å²) in [7, 11) is 1.59. The Hall–Kier alpha value is -1.46. The molecular weight excluding hydrogens is 232 g/mol. The van der Waals surface area contributed by atoms with Gasteiger partial charge in [-0.1, -0.05) is 6.07 Å². The van der Waals surface area contributed by atoms with E-state index in [1.807, 2.05) is 18.2 Å². The van der Waals surface area contributed by atoms with E-state index in [9.17, 15) is 4.79 Å². The minimum atomic E-state index is -0.0287. The highest BCUT2D eigenvalue weighted by molar-refractivity contribution is 5.76. The molecule has 0 saturated carbocycles. The van der Waals surface area contributed by atoms with E-state index in [0.717, 1.165) is 5.69 Å². The van der Waals surface area contributed by atoms with Gasteiger partial charge in [0.25, 0.3) is 0 Å². The van der Waals surface area contributed by atoms with Gasteiger partial charge >= 0.3 is 0 Å². The molecule has 0 aromatic carbocycles. The van der Waals surface area contributed by atoms with Gasteiger partial charge in [-0.25, -0.2) is 0 Å². The number of aromatic nitrogens is 1. The van der Waals surface area contributed by atoms with Crippen molar-refractivity contribution in [2.45, 2.75) is 12.8 Å². The number of ether oxygens (including phenoxy) is 1. The molecule has 0 radical (unpaired) electrons. The maximum absolute atomic E-state index is 11.9. The maximum Gasteiger partial charge on any atom is 0.223 e. The first-order chi connectivity index (χ1) is 8.77. The largest absolute Gasteiger partial charge is 0.395 e. The zero-order valence-electron chi connectivity index (χ0n) is 10.7. The van der Waals surface area contributed by atoms with Gasteiger partial charge in [-0.15, -0.1) is 0 Å². The van der Waals surface area contributed by atoms with Gasteiger partial charge in [-0.3, -0.25) is 9.78 Å². The Labute approximate surface area is 107 Å².